The van der Waals surface area contributed by atoms with E-state index in [4.69, 9.17) is 9.47 Å². The third kappa shape index (κ3) is 3.92. The van der Waals surface area contributed by atoms with Crippen molar-refractivity contribution in [2.75, 3.05) is 13.7 Å². The lowest BCUT2D eigenvalue weighted by atomic mass is 9.80. The molecule has 2 unspecified atom stereocenters. The van der Waals surface area contributed by atoms with Crippen molar-refractivity contribution in [3.8, 4) is 11.5 Å². The monoisotopic (exact) mass is 393 g/mol. The highest BCUT2D eigenvalue weighted by molar-refractivity contribution is 5.47. The molecule has 29 heavy (non-hydrogen) atoms. The number of fused-ring (bicyclic) bond motifs is 2. The molecular weight excluding hydrogens is 362 g/mol. The number of hydrogen-bond acceptors (Lipinski definition) is 4. The molecule has 2 atom stereocenters. The highest BCUT2D eigenvalue weighted by atomic mass is 16.5. The summed E-state index contributed by atoms with van der Waals surface area (Å²) in [7, 11) is 1.67. The number of aliphatic hydroxyl groups is 1. The summed E-state index contributed by atoms with van der Waals surface area (Å²) in [5.74, 6) is 1.55. The summed E-state index contributed by atoms with van der Waals surface area (Å²) in [4.78, 5) is 2.55. The zero-order chi connectivity index (χ0) is 20.4. The highest BCUT2D eigenvalue weighted by Crippen LogP contribution is 2.47. The second kappa shape index (κ2) is 8.21. The number of nitrogens with zero attached hydrogens (tertiary/aromatic N) is 1. The fourth-order valence-electron chi connectivity index (χ4n) is 5.02. The lowest BCUT2D eigenvalue weighted by Crippen LogP contribution is -2.49. The van der Waals surface area contributed by atoms with Gasteiger partial charge >= 0.3 is 0 Å². The lowest BCUT2D eigenvalue weighted by molar-refractivity contribution is -0.0596. The highest BCUT2D eigenvalue weighted by Gasteiger charge is 2.48. The molecule has 0 amide bonds. The maximum atomic E-state index is 11.5. The lowest BCUT2D eigenvalue weighted by Gasteiger charge is -2.44. The molecule has 2 aromatic rings. The number of hydrogen-bond donors (Lipinski definition) is 1. The third-order valence-electron chi connectivity index (χ3n) is 6.49. The molecule has 2 bridgehead atoms. The van der Waals surface area contributed by atoms with Gasteiger partial charge in [0.15, 0.2) is 11.5 Å². The molecule has 2 aliphatic rings. The molecule has 0 radical (unpaired) electrons. The topological polar surface area (TPSA) is 41.9 Å². The van der Waals surface area contributed by atoms with Gasteiger partial charge in [0.25, 0.3) is 0 Å². The number of para-hydroxylation sites is 1. The van der Waals surface area contributed by atoms with Gasteiger partial charge in [-0.15, -0.1) is 0 Å². The summed E-state index contributed by atoms with van der Waals surface area (Å²) in [6.45, 7) is 7.10. The quantitative estimate of drug-likeness (QED) is 0.699. The molecule has 0 saturated carbocycles. The van der Waals surface area contributed by atoms with Crippen molar-refractivity contribution in [1.29, 1.82) is 0 Å². The second-order valence-electron chi connectivity index (χ2n) is 8.41. The van der Waals surface area contributed by atoms with E-state index in [0.29, 0.717) is 18.7 Å². The van der Waals surface area contributed by atoms with E-state index in [9.17, 15) is 5.11 Å². The maximum Gasteiger partial charge on any atom is 0.166 e. The fourth-order valence-corrected chi connectivity index (χ4v) is 5.02. The number of ether oxygens (including phenoxy) is 2. The van der Waals surface area contributed by atoms with Crippen molar-refractivity contribution in [3.63, 3.8) is 0 Å². The molecule has 1 N–H and O–H groups in total. The first-order chi connectivity index (χ1) is 14.0. The predicted molar refractivity (Wildman–Crippen MR) is 115 cm³/mol. The van der Waals surface area contributed by atoms with Crippen molar-refractivity contribution in [3.05, 3.63) is 71.8 Å². The van der Waals surface area contributed by atoms with Crippen LogP contribution >= 0.6 is 0 Å². The normalized spacial score (nSPS) is 26.3. The molecule has 2 aliphatic heterocycles. The standard InChI is InChI=1S/C25H31NO3/c1-4-14-29-24-19(6-5-7-23(24)28-3)17-26-21-12-13-22(26)16-25(27,15-21)20-10-8-18(2)9-11-20/h4-11,21-22,27H,1,12-17H2,2-3H3. The van der Waals surface area contributed by atoms with Crippen LogP contribution in [0.15, 0.2) is 55.1 Å². The minimum atomic E-state index is -0.730. The first-order valence-electron chi connectivity index (χ1n) is 10.5. The number of rotatable bonds is 7. The van der Waals surface area contributed by atoms with Crippen molar-refractivity contribution >= 4 is 0 Å². The maximum absolute atomic E-state index is 11.5. The predicted octanol–water partition coefficient (Wildman–Crippen LogP) is 4.58. The van der Waals surface area contributed by atoms with Gasteiger partial charge in [0, 0.05) is 24.2 Å². The largest absolute Gasteiger partial charge is 0.493 e. The van der Waals surface area contributed by atoms with Crippen LogP contribution in [0.5, 0.6) is 11.5 Å². The van der Waals surface area contributed by atoms with Gasteiger partial charge in [-0.2, -0.15) is 0 Å². The van der Waals surface area contributed by atoms with E-state index in [1.165, 1.54) is 5.56 Å². The average molecular weight is 394 g/mol. The van der Waals surface area contributed by atoms with Crippen LogP contribution in [0.2, 0.25) is 0 Å². The summed E-state index contributed by atoms with van der Waals surface area (Å²) in [5, 5.41) is 11.5. The van der Waals surface area contributed by atoms with Crippen LogP contribution < -0.4 is 9.47 Å². The van der Waals surface area contributed by atoms with E-state index in [-0.39, 0.29) is 0 Å². The van der Waals surface area contributed by atoms with Gasteiger partial charge in [-0.05, 0) is 44.2 Å². The van der Waals surface area contributed by atoms with E-state index >= 15 is 0 Å². The molecule has 0 aromatic heterocycles. The van der Waals surface area contributed by atoms with Crippen molar-refractivity contribution in [1.82, 2.24) is 4.90 Å². The fraction of sp³-hybridized carbons (Fsp3) is 0.440. The summed E-state index contributed by atoms with van der Waals surface area (Å²) < 4.78 is 11.5. The summed E-state index contributed by atoms with van der Waals surface area (Å²) >= 11 is 0. The van der Waals surface area contributed by atoms with Crippen LogP contribution in [0, 0.1) is 6.92 Å². The van der Waals surface area contributed by atoms with Crippen LogP contribution in [0.4, 0.5) is 0 Å². The van der Waals surface area contributed by atoms with Crippen LogP contribution in [-0.2, 0) is 12.1 Å². The van der Waals surface area contributed by atoms with Crippen LogP contribution in [0.25, 0.3) is 0 Å². The number of benzene rings is 2. The zero-order valence-electron chi connectivity index (χ0n) is 17.4. The molecule has 2 aromatic carbocycles. The second-order valence-corrected chi connectivity index (χ2v) is 8.41. The SMILES string of the molecule is C=CCOc1c(CN2C3CCC2CC(O)(c2ccc(C)cc2)C3)cccc1OC. The van der Waals surface area contributed by atoms with E-state index in [1.807, 2.05) is 12.1 Å². The molecule has 2 fully saturated rings. The molecule has 2 heterocycles. The first kappa shape index (κ1) is 20.0. The molecular formula is C25H31NO3. The van der Waals surface area contributed by atoms with E-state index in [0.717, 1.165) is 54.9 Å². The molecule has 4 heteroatoms. The van der Waals surface area contributed by atoms with Gasteiger partial charge in [-0.25, -0.2) is 0 Å². The minimum Gasteiger partial charge on any atom is -0.493 e. The van der Waals surface area contributed by atoms with Crippen LogP contribution in [-0.4, -0.2) is 35.8 Å². The van der Waals surface area contributed by atoms with Gasteiger partial charge in [0.05, 0.1) is 12.7 Å². The van der Waals surface area contributed by atoms with E-state index in [2.05, 4.69) is 48.7 Å². The first-order valence-corrected chi connectivity index (χ1v) is 10.5. The molecule has 4 rings (SSSR count). The molecule has 2 saturated heterocycles. The smallest absolute Gasteiger partial charge is 0.166 e. The Labute approximate surface area is 173 Å². The van der Waals surface area contributed by atoms with Crippen molar-refractivity contribution in [2.24, 2.45) is 0 Å². The van der Waals surface area contributed by atoms with Crippen molar-refractivity contribution < 1.29 is 14.6 Å². The van der Waals surface area contributed by atoms with Crippen molar-refractivity contribution in [2.45, 2.75) is 56.8 Å². The van der Waals surface area contributed by atoms with Gasteiger partial charge in [-0.3, -0.25) is 4.90 Å². The molecule has 0 aliphatic carbocycles. The van der Waals surface area contributed by atoms with E-state index < -0.39 is 5.60 Å². The van der Waals surface area contributed by atoms with Crippen LogP contribution in [0.1, 0.15) is 42.4 Å². The molecule has 0 spiro atoms. The Bertz CT molecular complexity index is 847. The number of methoxy groups -OCH3 is 1. The Hall–Kier alpha value is -2.30. The Morgan fingerprint density at radius 2 is 1.83 bits per heavy atom. The van der Waals surface area contributed by atoms with Gasteiger partial charge in [0.2, 0.25) is 0 Å². The molecule has 154 valence electrons. The van der Waals surface area contributed by atoms with Gasteiger partial charge in [-0.1, -0.05) is 54.6 Å². The Kier molecular flexibility index (Phi) is 5.66. The number of piperidine rings is 1. The Morgan fingerprint density at radius 3 is 2.45 bits per heavy atom. The Balaban J connectivity index is 1.55. The Morgan fingerprint density at radius 1 is 1.14 bits per heavy atom. The summed E-state index contributed by atoms with van der Waals surface area (Å²) in [6.07, 6.45) is 5.57. The van der Waals surface area contributed by atoms with Gasteiger partial charge < -0.3 is 14.6 Å². The van der Waals surface area contributed by atoms with Crippen LogP contribution in [0.3, 0.4) is 0 Å². The summed E-state index contributed by atoms with van der Waals surface area (Å²) in [6, 6.07) is 15.2. The van der Waals surface area contributed by atoms with E-state index in [1.54, 1.807) is 13.2 Å². The summed E-state index contributed by atoms with van der Waals surface area (Å²) in [5.41, 5.74) is 2.68. The molecule has 4 nitrogen and oxygen atoms in total. The number of aryl methyl sites for hydroxylation is 1. The third-order valence-corrected chi connectivity index (χ3v) is 6.49. The zero-order valence-corrected chi connectivity index (χ0v) is 17.4. The van der Waals surface area contributed by atoms with Gasteiger partial charge in [0.1, 0.15) is 6.61 Å². The average Bonchev–Trinajstić information content (AvgIpc) is 2.96. The minimum absolute atomic E-state index is 0.374.